The van der Waals surface area contributed by atoms with Crippen molar-refractivity contribution >= 4 is 0 Å². The lowest BCUT2D eigenvalue weighted by Crippen LogP contribution is -2.32. The van der Waals surface area contributed by atoms with Gasteiger partial charge in [0, 0.05) is 42.6 Å². The van der Waals surface area contributed by atoms with Crippen molar-refractivity contribution in [3.8, 4) is 39.9 Å². The molecule has 3 aromatic rings. The topological polar surface area (TPSA) is 124 Å². The first-order chi connectivity index (χ1) is 19.5. The van der Waals surface area contributed by atoms with E-state index in [4.69, 9.17) is 14.2 Å². The minimum absolute atomic E-state index is 0.0151. The van der Waals surface area contributed by atoms with Crippen LogP contribution in [-0.2, 0) is 12.8 Å². The Morgan fingerprint density at radius 3 is 2.73 bits per heavy atom. The highest BCUT2D eigenvalue weighted by Gasteiger charge is 2.38. The Bertz CT molecular complexity index is 1440. The third-order valence-electron chi connectivity index (χ3n) is 7.99. The highest BCUT2D eigenvalue weighted by molar-refractivity contribution is 5.83. The fourth-order valence-corrected chi connectivity index (χ4v) is 6.16. The van der Waals surface area contributed by atoms with Gasteiger partial charge in [0.25, 0.3) is 0 Å². The van der Waals surface area contributed by atoms with Crippen LogP contribution in [0.2, 0.25) is 0 Å². The molecule has 3 aromatic carbocycles. The summed E-state index contributed by atoms with van der Waals surface area (Å²) in [7, 11) is 1.48. The van der Waals surface area contributed by atoms with Gasteiger partial charge in [-0.3, -0.25) is 0 Å². The van der Waals surface area contributed by atoms with Gasteiger partial charge >= 0.3 is 0 Å². The van der Waals surface area contributed by atoms with Gasteiger partial charge < -0.3 is 44.9 Å². The predicted octanol–water partition coefficient (Wildman–Crippen LogP) is 3.55. The van der Waals surface area contributed by atoms with Crippen LogP contribution in [0.4, 0.5) is 0 Å². The van der Waals surface area contributed by atoms with Crippen LogP contribution >= 0.6 is 0 Å². The molecule has 0 spiro atoms. The largest absolute Gasteiger partial charge is 0.508 e. The second-order valence-corrected chi connectivity index (χ2v) is 10.5. The van der Waals surface area contributed by atoms with Crippen LogP contribution in [0.1, 0.15) is 40.7 Å². The number of nitrogens with one attached hydrogen (secondary N) is 1. The number of aliphatic hydroxyl groups excluding tert-OH is 2. The second-order valence-electron chi connectivity index (χ2n) is 10.5. The fraction of sp³-hybridized carbons (Fsp3) is 0.355. The van der Waals surface area contributed by atoms with Crippen molar-refractivity contribution in [3.63, 3.8) is 0 Å². The van der Waals surface area contributed by atoms with E-state index in [1.54, 1.807) is 18.2 Å². The number of methoxy groups -OCH3 is 1. The molecule has 2 aliphatic heterocycles. The first-order valence-electron chi connectivity index (χ1n) is 13.6. The number of aromatic hydroxyl groups is 2. The average molecular weight is 547 g/mol. The molecule has 0 bridgehead atoms. The molecule has 3 atom stereocenters. The highest BCUT2D eigenvalue weighted by Crippen LogP contribution is 2.53. The SMILES string of the molecule is COc1cc([C@H]2Oc3cc(OCCO)c4c(c3C[C@H]2O)[C@H](CCN2C=CNC2)Cc2cc(O)ccc2-4)ccc1O. The van der Waals surface area contributed by atoms with E-state index in [0.717, 1.165) is 53.9 Å². The normalized spacial score (nSPS) is 20.7. The van der Waals surface area contributed by atoms with E-state index >= 15 is 0 Å². The first-order valence-corrected chi connectivity index (χ1v) is 13.6. The zero-order valence-corrected chi connectivity index (χ0v) is 22.3. The number of benzene rings is 3. The lowest BCUT2D eigenvalue weighted by Gasteiger charge is -2.38. The van der Waals surface area contributed by atoms with Crippen molar-refractivity contribution in [2.75, 3.05) is 33.5 Å². The number of rotatable bonds is 8. The Hall–Kier alpha value is -4.08. The zero-order chi connectivity index (χ0) is 27.8. The molecule has 0 amide bonds. The van der Waals surface area contributed by atoms with Gasteiger partial charge in [-0.1, -0.05) is 12.1 Å². The number of fused-ring (bicyclic) bond motifs is 5. The summed E-state index contributed by atoms with van der Waals surface area (Å²) in [5.74, 6) is 1.85. The van der Waals surface area contributed by atoms with Crippen LogP contribution in [0.15, 0.2) is 54.9 Å². The van der Waals surface area contributed by atoms with Crippen molar-refractivity contribution in [1.29, 1.82) is 0 Å². The lowest BCUT2D eigenvalue weighted by molar-refractivity contribution is 0.0200. The smallest absolute Gasteiger partial charge is 0.160 e. The number of phenols is 2. The van der Waals surface area contributed by atoms with E-state index in [-0.39, 0.29) is 30.6 Å². The van der Waals surface area contributed by atoms with Gasteiger partial charge in [-0.25, -0.2) is 0 Å². The van der Waals surface area contributed by atoms with Crippen LogP contribution in [-0.4, -0.2) is 65.0 Å². The summed E-state index contributed by atoms with van der Waals surface area (Å²) in [6.07, 6.45) is 4.43. The molecular formula is C31H34N2O7. The molecule has 9 heteroatoms. The number of nitrogens with zero attached hydrogens (tertiary/aromatic N) is 1. The molecule has 0 saturated carbocycles. The molecule has 0 radical (unpaired) electrons. The van der Waals surface area contributed by atoms with Crippen LogP contribution in [0, 0.1) is 0 Å². The monoisotopic (exact) mass is 546 g/mol. The maximum atomic E-state index is 11.4. The fourth-order valence-electron chi connectivity index (χ4n) is 6.16. The summed E-state index contributed by atoms with van der Waals surface area (Å²) < 4.78 is 17.9. The van der Waals surface area contributed by atoms with Gasteiger partial charge in [-0.2, -0.15) is 0 Å². The van der Waals surface area contributed by atoms with Crippen LogP contribution in [0.3, 0.4) is 0 Å². The number of aliphatic hydroxyl groups is 2. The zero-order valence-electron chi connectivity index (χ0n) is 22.3. The molecule has 6 rings (SSSR count). The number of hydrogen-bond donors (Lipinski definition) is 5. The highest BCUT2D eigenvalue weighted by atomic mass is 16.5. The van der Waals surface area contributed by atoms with Gasteiger partial charge in [0.1, 0.15) is 30.0 Å². The number of hydrogen-bond acceptors (Lipinski definition) is 9. The molecule has 2 heterocycles. The van der Waals surface area contributed by atoms with E-state index in [1.807, 2.05) is 30.6 Å². The summed E-state index contributed by atoms with van der Waals surface area (Å²) in [4.78, 5) is 2.22. The Labute approximate surface area is 232 Å². The molecule has 0 unspecified atom stereocenters. The molecule has 0 aromatic heterocycles. The maximum absolute atomic E-state index is 11.4. The minimum Gasteiger partial charge on any atom is -0.508 e. The second kappa shape index (κ2) is 10.8. The van der Waals surface area contributed by atoms with Crippen molar-refractivity contribution in [2.24, 2.45) is 0 Å². The summed E-state index contributed by atoms with van der Waals surface area (Å²) in [6.45, 7) is 1.57. The Morgan fingerprint density at radius 2 is 1.95 bits per heavy atom. The van der Waals surface area contributed by atoms with E-state index in [9.17, 15) is 20.4 Å². The van der Waals surface area contributed by atoms with E-state index in [2.05, 4.69) is 10.2 Å². The van der Waals surface area contributed by atoms with Gasteiger partial charge in [-0.05, 0) is 65.3 Å². The molecule has 3 aliphatic rings. The standard InChI is InChI=1S/C31H34N2O7/c1-38-27-14-19(2-5-24(27)36)31-25(37)15-23-26(40-31)16-28(39-11-10-34)30-22-4-3-21(35)13-20(22)12-18(29(23)30)6-8-33-9-7-32-17-33/h2-5,7,9,13-14,16,18,25,31-32,34-37H,6,8,10-12,15,17H2,1H3/t18-,25-,31-/m1/s1. The van der Waals surface area contributed by atoms with E-state index < -0.39 is 12.2 Å². The van der Waals surface area contributed by atoms with Crippen LogP contribution < -0.4 is 19.5 Å². The van der Waals surface area contributed by atoms with Gasteiger partial charge in [0.15, 0.2) is 11.5 Å². The van der Waals surface area contributed by atoms with Crippen LogP contribution in [0.5, 0.6) is 28.7 Å². The molecule has 5 N–H and O–H groups in total. The quantitative estimate of drug-likeness (QED) is 0.289. The summed E-state index contributed by atoms with van der Waals surface area (Å²) in [5.41, 5.74) is 5.65. The number of ether oxygens (including phenoxy) is 3. The molecule has 0 saturated heterocycles. The van der Waals surface area contributed by atoms with Crippen molar-refractivity contribution < 1.29 is 34.6 Å². The van der Waals surface area contributed by atoms with Crippen molar-refractivity contribution in [1.82, 2.24) is 10.2 Å². The molecule has 40 heavy (non-hydrogen) atoms. The van der Waals surface area contributed by atoms with E-state index in [1.165, 1.54) is 13.2 Å². The van der Waals surface area contributed by atoms with Crippen LogP contribution in [0.25, 0.3) is 11.1 Å². The van der Waals surface area contributed by atoms with Crippen molar-refractivity contribution in [3.05, 3.63) is 77.1 Å². The van der Waals surface area contributed by atoms with Gasteiger partial charge in [0.2, 0.25) is 0 Å². The van der Waals surface area contributed by atoms with E-state index in [0.29, 0.717) is 29.2 Å². The molecular weight excluding hydrogens is 512 g/mol. The minimum atomic E-state index is -0.831. The summed E-state index contributed by atoms with van der Waals surface area (Å²) in [5, 5.41) is 44.5. The molecule has 210 valence electrons. The average Bonchev–Trinajstić information content (AvgIpc) is 3.48. The Kier molecular flexibility index (Phi) is 7.08. The number of phenolic OH excluding ortho intramolecular Hbond substituents is 2. The Balaban J connectivity index is 1.46. The Morgan fingerprint density at radius 1 is 1.07 bits per heavy atom. The predicted molar refractivity (Wildman–Crippen MR) is 149 cm³/mol. The third-order valence-corrected chi connectivity index (χ3v) is 7.99. The van der Waals surface area contributed by atoms with Gasteiger partial charge in [0.05, 0.1) is 26.5 Å². The lowest BCUT2D eigenvalue weighted by atomic mass is 9.73. The maximum Gasteiger partial charge on any atom is 0.160 e. The molecule has 9 nitrogen and oxygen atoms in total. The molecule has 0 fully saturated rings. The third kappa shape index (κ3) is 4.76. The molecule has 1 aliphatic carbocycles. The first kappa shape index (κ1) is 26.2. The van der Waals surface area contributed by atoms with Crippen molar-refractivity contribution in [2.45, 2.75) is 37.4 Å². The summed E-state index contributed by atoms with van der Waals surface area (Å²) in [6, 6.07) is 12.2. The summed E-state index contributed by atoms with van der Waals surface area (Å²) >= 11 is 0. The van der Waals surface area contributed by atoms with Gasteiger partial charge in [-0.15, -0.1) is 0 Å².